The molecular weight excluding hydrogens is 293 g/mol. The average Bonchev–Trinajstić information content (AvgIpc) is 2.96. The Balaban J connectivity index is 2.22. The number of nitrogens with one attached hydrogen (secondary N) is 1. The molecule has 0 fully saturated rings. The second-order valence-electron chi connectivity index (χ2n) is 4.95. The summed E-state index contributed by atoms with van der Waals surface area (Å²) < 4.78 is 18.5. The van der Waals surface area contributed by atoms with Crippen molar-refractivity contribution in [3.05, 3.63) is 34.9 Å². The number of hydrogen-bond acceptors (Lipinski definition) is 4. The quantitative estimate of drug-likeness (QED) is 0.875. The first kappa shape index (κ1) is 15.9. The highest BCUT2D eigenvalue weighted by Gasteiger charge is 2.22. The molecule has 2 atom stereocenters. The zero-order valence-corrected chi connectivity index (χ0v) is 13.1. The number of likely N-dealkylation sites (N-methyl/N-ethyl adjacent to an activating group) is 1. The molecule has 1 aromatic carbocycles. The largest absolute Gasteiger partial charge is 0.339 e. The number of benzene rings is 1. The van der Waals surface area contributed by atoms with Crippen molar-refractivity contribution in [2.75, 3.05) is 6.54 Å². The predicted molar refractivity (Wildman–Crippen MR) is 80.9 cm³/mol. The monoisotopic (exact) mass is 311 g/mol. The van der Waals surface area contributed by atoms with Gasteiger partial charge in [0.1, 0.15) is 5.82 Å². The van der Waals surface area contributed by atoms with Crippen LogP contribution in [0.15, 0.2) is 22.7 Å². The van der Waals surface area contributed by atoms with Crippen LogP contribution < -0.4 is 5.32 Å². The van der Waals surface area contributed by atoms with Gasteiger partial charge in [-0.2, -0.15) is 4.98 Å². The predicted octanol–water partition coefficient (Wildman–Crippen LogP) is 4.02. The van der Waals surface area contributed by atoms with E-state index in [9.17, 15) is 4.39 Å². The van der Waals surface area contributed by atoms with Gasteiger partial charge in [-0.15, -0.1) is 0 Å². The van der Waals surface area contributed by atoms with Crippen LogP contribution in [0.3, 0.4) is 0 Å². The summed E-state index contributed by atoms with van der Waals surface area (Å²) in [6, 6.07) is 4.66. The summed E-state index contributed by atoms with van der Waals surface area (Å²) in [5, 5.41) is 7.41. The fourth-order valence-corrected chi connectivity index (χ4v) is 2.46. The van der Waals surface area contributed by atoms with E-state index in [1.165, 1.54) is 12.1 Å². The molecule has 0 saturated carbocycles. The van der Waals surface area contributed by atoms with Gasteiger partial charge in [0.15, 0.2) is 0 Å². The third-order valence-corrected chi connectivity index (χ3v) is 3.81. The lowest BCUT2D eigenvalue weighted by Gasteiger charge is -2.20. The summed E-state index contributed by atoms with van der Waals surface area (Å²) in [5.41, 5.74) is 0.639. The molecule has 0 radical (unpaired) electrons. The molecule has 4 nitrogen and oxygen atoms in total. The Morgan fingerprint density at radius 2 is 2.14 bits per heavy atom. The highest BCUT2D eigenvalue weighted by atomic mass is 35.5. The van der Waals surface area contributed by atoms with Crippen molar-refractivity contribution in [3.8, 4) is 11.4 Å². The van der Waals surface area contributed by atoms with E-state index in [1.54, 1.807) is 6.07 Å². The third-order valence-electron chi connectivity index (χ3n) is 3.52. The van der Waals surface area contributed by atoms with Crippen LogP contribution in [0.5, 0.6) is 0 Å². The lowest BCUT2D eigenvalue weighted by molar-refractivity contribution is 0.321. The van der Waals surface area contributed by atoms with Crippen molar-refractivity contribution in [2.24, 2.45) is 0 Å². The molecule has 0 aliphatic heterocycles. The van der Waals surface area contributed by atoms with Crippen LogP contribution in [0.2, 0.25) is 5.02 Å². The Morgan fingerprint density at radius 1 is 1.38 bits per heavy atom. The van der Waals surface area contributed by atoms with Gasteiger partial charge in [0.25, 0.3) is 0 Å². The van der Waals surface area contributed by atoms with Crippen LogP contribution in [0.1, 0.15) is 39.0 Å². The second kappa shape index (κ2) is 7.00. The molecule has 0 bridgehead atoms. The molecule has 1 aromatic heterocycles. The van der Waals surface area contributed by atoms with Gasteiger partial charge in [-0.05, 0) is 31.2 Å². The first-order chi connectivity index (χ1) is 10.1. The molecule has 0 aliphatic carbocycles. The van der Waals surface area contributed by atoms with Gasteiger partial charge in [0, 0.05) is 11.6 Å². The second-order valence-corrected chi connectivity index (χ2v) is 5.35. The first-order valence-electron chi connectivity index (χ1n) is 7.09. The molecule has 114 valence electrons. The summed E-state index contributed by atoms with van der Waals surface area (Å²) in [4.78, 5) is 4.40. The van der Waals surface area contributed by atoms with E-state index in [2.05, 4.69) is 29.3 Å². The number of aromatic nitrogens is 2. The normalized spacial score (nSPS) is 14.1. The van der Waals surface area contributed by atoms with E-state index in [-0.39, 0.29) is 17.0 Å². The molecule has 0 amide bonds. The van der Waals surface area contributed by atoms with E-state index in [4.69, 9.17) is 16.1 Å². The van der Waals surface area contributed by atoms with Crippen LogP contribution in [0.25, 0.3) is 11.4 Å². The molecular formula is C15H19ClFN3O. The number of halogens is 2. The van der Waals surface area contributed by atoms with Crippen molar-refractivity contribution in [1.29, 1.82) is 0 Å². The van der Waals surface area contributed by atoms with Crippen LogP contribution >= 0.6 is 11.6 Å². The van der Waals surface area contributed by atoms with E-state index in [0.717, 1.165) is 13.0 Å². The maximum atomic E-state index is 13.2. The van der Waals surface area contributed by atoms with Crippen LogP contribution in [0, 0.1) is 5.82 Å². The lowest BCUT2D eigenvalue weighted by atomic mass is 9.99. The van der Waals surface area contributed by atoms with Crippen molar-refractivity contribution in [2.45, 2.75) is 39.2 Å². The Bertz CT molecular complexity index is 602. The lowest BCUT2D eigenvalue weighted by Crippen LogP contribution is -2.33. The van der Waals surface area contributed by atoms with Gasteiger partial charge in [0.2, 0.25) is 11.7 Å². The molecule has 21 heavy (non-hydrogen) atoms. The topological polar surface area (TPSA) is 51.0 Å². The highest BCUT2D eigenvalue weighted by molar-refractivity contribution is 6.31. The molecule has 1 heterocycles. The van der Waals surface area contributed by atoms with Crippen LogP contribution in [0.4, 0.5) is 4.39 Å². The van der Waals surface area contributed by atoms with Crippen LogP contribution in [-0.2, 0) is 0 Å². The standard InChI is InChI=1S/C15H19ClFN3O/c1-4-13(18-5-2)9(3)15-19-14(20-21-15)10-6-7-12(17)11(16)8-10/h6-9,13,18H,4-5H2,1-3H3. The van der Waals surface area contributed by atoms with Crippen molar-refractivity contribution >= 4 is 11.6 Å². The summed E-state index contributed by atoms with van der Waals surface area (Å²) in [5.74, 6) is 0.631. The summed E-state index contributed by atoms with van der Waals surface area (Å²) in [7, 11) is 0. The number of rotatable bonds is 6. The Labute approximate surface area is 128 Å². The Kier molecular flexibility index (Phi) is 5.31. The minimum atomic E-state index is -0.462. The number of hydrogen-bond donors (Lipinski definition) is 1. The zero-order valence-electron chi connectivity index (χ0n) is 12.4. The minimum Gasteiger partial charge on any atom is -0.339 e. The van der Waals surface area contributed by atoms with Crippen molar-refractivity contribution < 1.29 is 8.91 Å². The highest BCUT2D eigenvalue weighted by Crippen LogP contribution is 2.26. The third kappa shape index (κ3) is 3.60. The minimum absolute atomic E-state index is 0.0472. The molecule has 6 heteroatoms. The first-order valence-corrected chi connectivity index (χ1v) is 7.47. The zero-order chi connectivity index (χ0) is 15.4. The van der Waals surface area contributed by atoms with E-state index in [1.807, 2.05) is 6.92 Å². The van der Waals surface area contributed by atoms with E-state index >= 15 is 0 Å². The van der Waals surface area contributed by atoms with Gasteiger partial charge in [-0.1, -0.05) is 37.5 Å². The molecule has 0 aliphatic rings. The van der Waals surface area contributed by atoms with Gasteiger partial charge in [-0.25, -0.2) is 4.39 Å². The molecule has 2 unspecified atom stereocenters. The fraction of sp³-hybridized carbons (Fsp3) is 0.467. The molecule has 2 aromatic rings. The Morgan fingerprint density at radius 3 is 2.76 bits per heavy atom. The maximum absolute atomic E-state index is 13.2. The van der Waals surface area contributed by atoms with Crippen LogP contribution in [-0.4, -0.2) is 22.7 Å². The molecule has 1 N–H and O–H groups in total. The summed E-state index contributed by atoms with van der Waals surface area (Å²) in [6.07, 6.45) is 0.967. The van der Waals surface area contributed by atoms with Crippen molar-refractivity contribution in [1.82, 2.24) is 15.5 Å². The van der Waals surface area contributed by atoms with Gasteiger partial charge >= 0.3 is 0 Å². The molecule has 0 spiro atoms. The van der Waals surface area contributed by atoms with Gasteiger partial charge in [0.05, 0.1) is 10.9 Å². The molecule has 0 saturated heterocycles. The summed E-state index contributed by atoms with van der Waals surface area (Å²) >= 11 is 5.78. The molecule has 2 rings (SSSR count). The van der Waals surface area contributed by atoms with Gasteiger partial charge in [-0.3, -0.25) is 0 Å². The average molecular weight is 312 g/mol. The summed E-state index contributed by atoms with van der Waals surface area (Å²) in [6.45, 7) is 7.11. The van der Waals surface area contributed by atoms with Crippen molar-refractivity contribution in [3.63, 3.8) is 0 Å². The van der Waals surface area contributed by atoms with E-state index < -0.39 is 5.82 Å². The Hall–Kier alpha value is -1.46. The maximum Gasteiger partial charge on any atom is 0.231 e. The SMILES string of the molecule is CCNC(CC)C(C)c1nc(-c2ccc(F)c(Cl)c2)no1. The van der Waals surface area contributed by atoms with E-state index in [0.29, 0.717) is 17.3 Å². The smallest absolute Gasteiger partial charge is 0.231 e. The van der Waals surface area contributed by atoms with Gasteiger partial charge < -0.3 is 9.84 Å². The number of nitrogens with zero attached hydrogens (tertiary/aromatic N) is 2. The fourth-order valence-electron chi connectivity index (χ4n) is 2.28.